The average Bonchev–Trinajstić information content (AvgIpc) is 2.60. The molecule has 2 N–H and O–H groups in total. The van der Waals surface area contributed by atoms with Crippen LogP contribution in [0.25, 0.3) is 0 Å². The summed E-state index contributed by atoms with van der Waals surface area (Å²) in [6.07, 6.45) is 0. The minimum Gasteiger partial charge on any atom is -0.489 e. The molecule has 2 aromatic rings. The highest BCUT2D eigenvalue weighted by Gasteiger charge is 2.15. The normalized spacial score (nSPS) is 11.7. The van der Waals surface area contributed by atoms with Gasteiger partial charge in [-0.25, -0.2) is 4.79 Å². The number of likely N-dealkylation sites (N-methyl/N-ethyl adjacent to an activating group) is 1. The van der Waals surface area contributed by atoms with Gasteiger partial charge in [0.05, 0.1) is 12.6 Å². The third kappa shape index (κ3) is 5.22. The van der Waals surface area contributed by atoms with E-state index in [1.807, 2.05) is 37.3 Å². The number of aliphatic hydroxyl groups excluding tert-OH is 1. The molecule has 2 aromatic carbocycles. The van der Waals surface area contributed by atoms with Crippen LogP contribution in [-0.2, 0) is 6.61 Å². The van der Waals surface area contributed by atoms with E-state index in [-0.39, 0.29) is 18.7 Å². The molecular weight excluding hydrogens is 316 g/mol. The fraction of sp³-hybridized carbons (Fsp3) is 0.350. The van der Waals surface area contributed by atoms with Crippen molar-refractivity contribution in [2.75, 3.05) is 19.0 Å². The summed E-state index contributed by atoms with van der Waals surface area (Å²) in [6, 6.07) is 13.3. The summed E-state index contributed by atoms with van der Waals surface area (Å²) in [6.45, 7) is 6.19. The molecule has 5 heteroatoms. The van der Waals surface area contributed by atoms with Crippen LogP contribution in [0.1, 0.15) is 23.6 Å². The summed E-state index contributed by atoms with van der Waals surface area (Å²) >= 11 is 0. The Balaban J connectivity index is 1.99. The number of rotatable bonds is 6. The second-order valence-electron chi connectivity index (χ2n) is 6.33. The predicted molar refractivity (Wildman–Crippen MR) is 100 cm³/mol. The van der Waals surface area contributed by atoms with Crippen LogP contribution in [-0.4, -0.2) is 35.7 Å². The Morgan fingerprint density at radius 2 is 2.00 bits per heavy atom. The van der Waals surface area contributed by atoms with Gasteiger partial charge in [-0.1, -0.05) is 29.8 Å². The Hall–Kier alpha value is -2.53. The maximum atomic E-state index is 12.2. The molecule has 0 aromatic heterocycles. The minimum absolute atomic E-state index is 0.0748. The van der Waals surface area contributed by atoms with Gasteiger partial charge in [0, 0.05) is 12.7 Å². The molecular formula is C20H26N2O3. The van der Waals surface area contributed by atoms with Crippen LogP contribution in [0.15, 0.2) is 42.5 Å². The van der Waals surface area contributed by atoms with Gasteiger partial charge in [-0.15, -0.1) is 0 Å². The zero-order valence-corrected chi connectivity index (χ0v) is 15.2. The minimum atomic E-state index is -0.252. The van der Waals surface area contributed by atoms with Crippen LogP contribution in [0, 0.1) is 13.8 Å². The number of nitrogens with zero attached hydrogens (tertiary/aromatic N) is 1. The number of amides is 2. The highest BCUT2D eigenvalue weighted by atomic mass is 16.5. The molecule has 2 amide bonds. The molecule has 2 rings (SSSR count). The van der Waals surface area contributed by atoms with Crippen molar-refractivity contribution in [2.24, 2.45) is 0 Å². The first-order valence-corrected chi connectivity index (χ1v) is 8.34. The molecule has 0 saturated heterocycles. The topological polar surface area (TPSA) is 61.8 Å². The van der Waals surface area contributed by atoms with Gasteiger partial charge in [-0.05, 0) is 50.1 Å². The van der Waals surface area contributed by atoms with Crippen LogP contribution >= 0.6 is 0 Å². The first kappa shape index (κ1) is 18.8. The van der Waals surface area contributed by atoms with E-state index in [1.165, 1.54) is 10.5 Å². The van der Waals surface area contributed by atoms with Crippen molar-refractivity contribution in [3.05, 3.63) is 59.2 Å². The van der Waals surface area contributed by atoms with Crippen LogP contribution in [0.3, 0.4) is 0 Å². The van der Waals surface area contributed by atoms with Crippen LogP contribution < -0.4 is 10.1 Å². The quantitative estimate of drug-likeness (QED) is 0.841. The molecule has 0 radical (unpaired) electrons. The Labute approximate surface area is 149 Å². The van der Waals surface area contributed by atoms with Crippen molar-refractivity contribution in [3.63, 3.8) is 0 Å². The SMILES string of the molecule is Cc1cccc(COc2ccc(NC(=O)N(C)[C@H](C)CO)c(C)c2)c1. The number of aliphatic hydroxyl groups is 1. The van der Waals surface area contributed by atoms with Crippen LogP contribution in [0.5, 0.6) is 5.75 Å². The fourth-order valence-corrected chi connectivity index (χ4v) is 2.36. The van der Waals surface area contributed by atoms with E-state index in [2.05, 4.69) is 24.4 Å². The number of urea groups is 1. The lowest BCUT2D eigenvalue weighted by Crippen LogP contribution is -2.40. The van der Waals surface area contributed by atoms with Crippen LogP contribution in [0.4, 0.5) is 10.5 Å². The Bertz CT molecular complexity index is 731. The first-order chi connectivity index (χ1) is 11.9. The molecule has 0 bridgehead atoms. The summed E-state index contributed by atoms with van der Waals surface area (Å²) in [5, 5.41) is 12.0. The fourth-order valence-electron chi connectivity index (χ4n) is 2.36. The van der Waals surface area contributed by atoms with Crippen LogP contribution in [0.2, 0.25) is 0 Å². The molecule has 0 aliphatic rings. The molecule has 0 spiro atoms. The Kier molecular flexibility index (Phi) is 6.42. The van der Waals surface area contributed by atoms with Crippen molar-refractivity contribution in [1.29, 1.82) is 0 Å². The average molecular weight is 342 g/mol. The third-order valence-corrected chi connectivity index (χ3v) is 4.17. The lowest BCUT2D eigenvalue weighted by Gasteiger charge is -2.24. The van der Waals surface area contributed by atoms with E-state index < -0.39 is 0 Å². The first-order valence-electron chi connectivity index (χ1n) is 8.34. The molecule has 0 aliphatic carbocycles. The number of carbonyl (C=O) groups excluding carboxylic acids is 1. The van der Waals surface area contributed by atoms with E-state index in [1.54, 1.807) is 14.0 Å². The molecule has 25 heavy (non-hydrogen) atoms. The molecule has 0 aliphatic heterocycles. The summed E-state index contributed by atoms with van der Waals surface area (Å²) < 4.78 is 5.83. The van der Waals surface area contributed by atoms with Gasteiger partial charge in [0.2, 0.25) is 0 Å². The molecule has 5 nitrogen and oxygen atoms in total. The van der Waals surface area contributed by atoms with Crippen molar-refractivity contribution < 1.29 is 14.6 Å². The number of anilines is 1. The van der Waals surface area contributed by atoms with E-state index in [9.17, 15) is 4.79 Å². The lowest BCUT2D eigenvalue weighted by molar-refractivity contribution is 0.166. The van der Waals surface area contributed by atoms with E-state index in [0.717, 1.165) is 22.6 Å². The number of aryl methyl sites for hydroxylation is 2. The largest absolute Gasteiger partial charge is 0.489 e. The maximum Gasteiger partial charge on any atom is 0.321 e. The van der Waals surface area contributed by atoms with E-state index in [4.69, 9.17) is 9.84 Å². The van der Waals surface area contributed by atoms with Gasteiger partial charge in [0.1, 0.15) is 12.4 Å². The smallest absolute Gasteiger partial charge is 0.321 e. The zero-order chi connectivity index (χ0) is 18.4. The van der Waals surface area contributed by atoms with Gasteiger partial charge in [-0.2, -0.15) is 0 Å². The number of hydrogen-bond acceptors (Lipinski definition) is 3. The van der Waals surface area contributed by atoms with Gasteiger partial charge >= 0.3 is 6.03 Å². The van der Waals surface area contributed by atoms with Crippen molar-refractivity contribution in [3.8, 4) is 5.75 Å². The molecule has 0 fully saturated rings. The number of ether oxygens (including phenoxy) is 1. The van der Waals surface area contributed by atoms with Crippen molar-refractivity contribution in [2.45, 2.75) is 33.4 Å². The van der Waals surface area contributed by atoms with E-state index in [0.29, 0.717) is 6.61 Å². The Morgan fingerprint density at radius 3 is 2.64 bits per heavy atom. The standard InChI is InChI=1S/C20H26N2O3/c1-14-6-5-7-17(10-14)13-25-18-8-9-19(15(2)11-18)21-20(24)22(4)16(3)12-23/h5-11,16,23H,12-13H2,1-4H3,(H,21,24)/t16-/m1/s1. The molecule has 0 saturated carbocycles. The summed E-state index contributed by atoms with van der Waals surface area (Å²) in [5.74, 6) is 0.758. The zero-order valence-electron chi connectivity index (χ0n) is 15.2. The Morgan fingerprint density at radius 1 is 1.24 bits per heavy atom. The van der Waals surface area contributed by atoms with E-state index >= 15 is 0 Å². The maximum absolute atomic E-state index is 12.2. The number of carbonyl (C=O) groups is 1. The predicted octanol–water partition coefficient (Wildman–Crippen LogP) is 3.73. The monoisotopic (exact) mass is 342 g/mol. The highest BCUT2D eigenvalue weighted by molar-refractivity contribution is 5.90. The second-order valence-corrected chi connectivity index (χ2v) is 6.33. The molecule has 1 atom stereocenters. The highest BCUT2D eigenvalue weighted by Crippen LogP contribution is 2.22. The molecule has 0 heterocycles. The number of benzene rings is 2. The van der Waals surface area contributed by atoms with Crippen molar-refractivity contribution >= 4 is 11.7 Å². The number of nitrogens with one attached hydrogen (secondary N) is 1. The van der Waals surface area contributed by atoms with Gasteiger partial charge < -0.3 is 20.1 Å². The summed E-state index contributed by atoms with van der Waals surface area (Å²) in [5.41, 5.74) is 3.97. The van der Waals surface area contributed by atoms with Gasteiger partial charge in [-0.3, -0.25) is 0 Å². The summed E-state index contributed by atoms with van der Waals surface area (Å²) in [4.78, 5) is 13.6. The molecule has 0 unspecified atom stereocenters. The second kappa shape index (κ2) is 8.53. The lowest BCUT2D eigenvalue weighted by atomic mass is 10.1. The van der Waals surface area contributed by atoms with Crippen molar-refractivity contribution in [1.82, 2.24) is 4.90 Å². The van der Waals surface area contributed by atoms with Gasteiger partial charge in [0.25, 0.3) is 0 Å². The summed E-state index contributed by atoms with van der Waals surface area (Å²) in [7, 11) is 1.66. The molecule has 134 valence electrons. The van der Waals surface area contributed by atoms with Gasteiger partial charge in [0.15, 0.2) is 0 Å². The third-order valence-electron chi connectivity index (χ3n) is 4.17. The number of hydrogen-bond donors (Lipinski definition) is 2.